The van der Waals surface area contributed by atoms with Crippen LogP contribution < -0.4 is 5.32 Å². The maximum atomic E-state index is 13.7. The fraction of sp³-hybridized carbons (Fsp3) is 0.296. The normalized spacial score (nSPS) is 19.1. The first-order chi connectivity index (χ1) is 17.0. The standard InChI is InChI=1S/C27H27N3O5/c1-19-9-11-21(12-10-19)28-24(31)22-18-35-27(30(22)25(32)20-6-3-2-4-7-20)13-15-29(16-14-27)26(33)23-8-5-17-34-23/h2-12,17,22H,13-16,18H2,1H3,(H,28,31). The number of benzene rings is 2. The Bertz CT molecular complexity index is 1200. The SMILES string of the molecule is Cc1ccc(NC(=O)C2COC3(CCN(C(=O)c4ccco4)CC3)N2C(=O)c2ccccc2)cc1. The summed E-state index contributed by atoms with van der Waals surface area (Å²) in [5.41, 5.74) is 1.26. The number of nitrogens with zero attached hydrogens (tertiary/aromatic N) is 2. The molecular formula is C27H27N3O5. The van der Waals surface area contributed by atoms with Crippen molar-refractivity contribution < 1.29 is 23.5 Å². The lowest BCUT2D eigenvalue weighted by molar-refractivity contribution is -0.123. The average molecular weight is 474 g/mol. The van der Waals surface area contributed by atoms with Crippen molar-refractivity contribution in [3.05, 3.63) is 89.9 Å². The van der Waals surface area contributed by atoms with Gasteiger partial charge in [-0.3, -0.25) is 19.3 Å². The molecule has 1 unspecified atom stereocenters. The molecule has 0 saturated carbocycles. The van der Waals surface area contributed by atoms with Crippen LogP contribution in [0.5, 0.6) is 0 Å². The monoisotopic (exact) mass is 473 g/mol. The Morgan fingerprint density at radius 2 is 1.63 bits per heavy atom. The number of nitrogens with one attached hydrogen (secondary N) is 1. The van der Waals surface area contributed by atoms with Crippen LogP contribution in [0.2, 0.25) is 0 Å². The molecule has 3 aromatic rings. The smallest absolute Gasteiger partial charge is 0.289 e. The van der Waals surface area contributed by atoms with Crippen LogP contribution >= 0.6 is 0 Å². The highest BCUT2D eigenvalue weighted by atomic mass is 16.5. The zero-order valence-corrected chi connectivity index (χ0v) is 19.5. The summed E-state index contributed by atoms with van der Waals surface area (Å²) in [6.45, 7) is 2.82. The predicted molar refractivity (Wildman–Crippen MR) is 129 cm³/mol. The summed E-state index contributed by atoms with van der Waals surface area (Å²) in [5, 5.41) is 2.93. The summed E-state index contributed by atoms with van der Waals surface area (Å²) in [5.74, 6) is -0.486. The van der Waals surface area contributed by atoms with E-state index in [1.807, 2.05) is 37.3 Å². The molecule has 180 valence electrons. The van der Waals surface area contributed by atoms with Gasteiger partial charge in [-0.2, -0.15) is 0 Å². The number of hydrogen-bond acceptors (Lipinski definition) is 5. The number of hydrogen-bond donors (Lipinski definition) is 1. The molecule has 3 amide bonds. The lowest BCUT2D eigenvalue weighted by Gasteiger charge is -2.44. The molecule has 2 aliphatic rings. The van der Waals surface area contributed by atoms with E-state index in [4.69, 9.17) is 9.15 Å². The highest BCUT2D eigenvalue weighted by molar-refractivity contribution is 6.02. The first kappa shape index (κ1) is 22.9. The van der Waals surface area contributed by atoms with Crippen LogP contribution in [0.3, 0.4) is 0 Å². The van der Waals surface area contributed by atoms with Gasteiger partial charge in [0.1, 0.15) is 11.8 Å². The quantitative estimate of drug-likeness (QED) is 0.624. The van der Waals surface area contributed by atoms with E-state index >= 15 is 0 Å². The molecule has 0 bridgehead atoms. The van der Waals surface area contributed by atoms with Crippen molar-refractivity contribution in [1.29, 1.82) is 0 Å². The second-order valence-corrected chi connectivity index (χ2v) is 8.94. The third-order valence-electron chi connectivity index (χ3n) is 6.69. The van der Waals surface area contributed by atoms with Crippen molar-refractivity contribution in [1.82, 2.24) is 9.80 Å². The molecule has 5 rings (SSSR count). The fourth-order valence-corrected chi connectivity index (χ4v) is 4.76. The van der Waals surface area contributed by atoms with E-state index in [0.717, 1.165) is 5.56 Å². The molecule has 2 aromatic carbocycles. The molecule has 2 fully saturated rings. The highest BCUT2D eigenvalue weighted by Crippen LogP contribution is 2.39. The van der Waals surface area contributed by atoms with Crippen LogP contribution in [0.1, 0.15) is 39.3 Å². The Kier molecular flexibility index (Phi) is 6.13. The van der Waals surface area contributed by atoms with Crippen LogP contribution in [-0.4, -0.2) is 59.0 Å². The zero-order valence-electron chi connectivity index (χ0n) is 19.5. The van der Waals surface area contributed by atoms with Gasteiger partial charge >= 0.3 is 0 Å². The third-order valence-corrected chi connectivity index (χ3v) is 6.69. The third kappa shape index (κ3) is 4.44. The zero-order chi connectivity index (χ0) is 24.4. The molecule has 1 spiro atoms. The molecule has 8 heteroatoms. The number of amides is 3. The van der Waals surface area contributed by atoms with Gasteiger partial charge in [-0.05, 0) is 43.3 Å². The van der Waals surface area contributed by atoms with Crippen LogP contribution in [-0.2, 0) is 9.53 Å². The van der Waals surface area contributed by atoms with Crippen LogP contribution in [0, 0.1) is 6.92 Å². The maximum Gasteiger partial charge on any atom is 0.289 e. The maximum absolute atomic E-state index is 13.7. The lowest BCUT2D eigenvalue weighted by Crippen LogP contribution is -2.59. The average Bonchev–Trinajstić information content (AvgIpc) is 3.55. The molecule has 2 aliphatic heterocycles. The predicted octanol–water partition coefficient (Wildman–Crippen LogP) is 3.70. The van der Waals surface area contributed by atoms with Crippen LogP contribution in [0.15, 0.2) is 77.4 Å². The van der Waals surface area contributed by atoms with E-state index in [-0.39, 0.29) is 30.1 Å². The number of likely N-dealkylation sites (tertiary alicyclic amines) is 1. The minimum Gasteiger partial charge on any atom is -0.459 e. The molecule has 35 heavy (non-hydrogen) atoms. The molecular weight excluding hydrogens is 446 g/mol. The van der Waals surface area contributed by atoms with E-state index < -0.39 is 11.8 Å². The molecule has 0 aliphatic carbocycles. The second kappa shape index (κ2) is 9.38. The van der Waals surface area contributed by atoms with E-state index in [0.29, 0.717) is 37.2 Å². The van der Waals surface area contributed by atoms with Gasteiger partial charge in [-0.25, -0.2) is 0 Å². The first-order valence-corrected chi connectivity index (χ1v) is 11.7. The molecule has 1 N–H and O–H groups in total. The largest absolute Gasteiger partial charge is 0.459 e. The summed E-state index contributed by atoms with van der Waals surface area (Å²) in [4.78, 5) is 43.1. The van der Waals surface area contributed by atoms with Crippen LogP contribution in [0.25, 0.3) is 0 Å². The summed E-state index contributed by atoms with van der Waals surface area (Å²) in [7, 11) is 0. The Labute approximate surface area is 203 Å². The van der Waals surface area contributed by atoms with Gasteiger partial charge < -0.3 is 19.4 Å². The van der Waals surface area contributed by atoms with Gasteiger partial charge in [0, 0.05) is 37.2 Å². The second-order valence-electron chi connectivity index (χ2n) is 8.94. The molecule has 0 radical (unpaired) electrons. The summed E-state index contributed by atoms with van der Waals surface area (Å²) in [6.07, 6.45) is 2.26. The number of rotatable bonds is 4. The topological polar surface area (TPSA) is 92.1 Å². The van der Waals surface area contributed by atoms with Crippen molar-refractivity contribution in [2.45, 2.75) is 31.5 Å². The van der Waals surface area contributed by atoms with E-state index in [9.17, 15) is 14.4 Å². The summed E-state index contributed by atoms with van der Waals surface area (Å²) in [6, 6.07) is 18.9. The van der Waals surface area contributed by atoms with E-state index in [1.54, 1.807) is 46.2 Å². The van der Waals surface area contributed by atoms with E-state index in [2.05, 4.69) is 5.32 Å². The molecule has 1 atom stereocenters. The van der Waals surface area contributed by atoms with Gasteiger partial charge in [0.15, 0.2) is 5.76 Å². The van der Waals surface area contributed by atoms with Gasteiger partial charge in [-0.1, -0.05) is 35.9 Å². The van der Waals surface area contributed by atoms with Crippen LogP contribution in [0.4, 0.5) is 5.69 Å². The number of piperidine rings is 1. The van der Waals surface area contributed by atoms with Gasteiger partial charge in [-0.15, -0.1) is 0 Å². The van der Waals surface area contributed by atoms with Crippen molar-refractivity contribution in [2.24, 2.45) is 0 Å². The number of aryl methyl sites for hydroxylation is 1. The van der Waals surface area contributed by atoms with Gasteiger partial charge in [0.05, 0.1) is 12.9 Å². The van der Waals surface area contributed by atoms with Crippen molar-refractivity contribution in [3.63, 3.8) is 0 Å². The van der Waals surface area contributed by atoms with E-state index in [1.165, 1.54) is 6.26 Å². The van der Waals surface area contributed by atoms with Crippen molar-refractivity contribution in [2.75, 3.05) is 25.0 Å². The van der Waals surface area contributed by atoms with Gasteiger partial charge in [0.25, 0.3) is 11.8 Å². The molecule has 3 heterocycles. The van der Waals surface area contributed by atoms with Crippen molar-refractivity contribution >= 4 is 23.4 Å². The Balaban J connectivity index is 1.39. The number of anilines is 1. The minimum absolute atomic E-state index is 0.0857. The molecule has 2 saturated heterocycles. The number of carbonyl (C=O) groups excluding carboxylic acids is 3. The molecule has 1 aromatic heterocycles. The highest BCUT2D eigenvalue weighted by Gasteiger charge is 2.54. The first-order valence-electron chi connectivity index (χ1n) is 11.7. The Morgan fingerprint density at radius 1 is 0.914 bits per heavy atom. The number of carbonyl (C=O) groups is 3. The van der Waals surface area contributed by atoms with Gasteiger partial charge in [0.2, 0.25) is 5.91 Å². The lowest BCUT2D eigenvalue weighted by atomic mass is 9.96. The summed E-state index contributed by atoms with van der Waals surface area (Å²) < 4.78 is 11.5. The Hall–Kier alpha value is -3.91. The number of furan rings is 1. The molecule has 8 nitrogen and oxygen atoms in total. The fourth-order valence-electron chi connectivity index (χ4n) is 4.76. The Morgan fingerprint density at radius 3 is 2.29 bits per heavy atom. The number of ether oxygens (including phenoxy) is 1. The van der Waals surface area contributed by atoms with Crippen molar-refractivity contribution in [3.8, 4) is 0 Å². The summed E-state index contributed by atoms with van der Waals surface area (Å²) >= 11 is 0. The minimum atomic E-state index is -0.970.